The number of aromatic nitrogens is 1. The summed E-state index contributed by atoms with van der Waals surface area (Å²) in [6.07, 6.45) is 0. The Morgan fingerprint density at radius 1 is 1.06 bits per heavy atom. The highest BCUT2D eigenvalue weighted by Crippen LogP contribution is 2.29. The van der Waals surface area contributed by atoms with Crippen LogP contribution in [0.2, 0.25) is 0 Å². The molecule has 0 spiro atoms. The first-order chi connectivity index (χ1) is 7.92. The summed E-state index contributed by atoms with van der Waals surface area (Å²) in [5, 5.41) is 0.674. The summed E-state index contributed by atoms with van der Waals surface area (Å²) in [4.78, 5) is 5.50. The van der Waals surface area contributed by atoms with Crippen LogP contribution < -0.4 is 0 Å². The van der Waals surface area contributed by atoms with E-state index in [2.05, 4.69) is 11.1 Å². The zero-order valence-electron chi connectivity index (χ0n) is 8.38. The average Bonchev–Trinajstić information content (AvgIpc) is 2.72. The second kappa shape index (κ2) is 4.02. The van der Waals surface area contributed by atoms with E-state index in [-0.39, 0.29) is 0 Å². The molecule has 0 unspecified atom stereocenters. The lowest BCUT2D eigenvalue weighted by atomic mass is 10.3. The third kappa shape index (κ3) is 1.82. The van der Waals surface area contributed by atoms with E-state index < -0.39 is 0 Å². The molecule has 0 aliphatic heterocycles. The number of fused-ring (bicyclic) bond motifs is 1. The number of nitrogens with zero attached hydrogens (tertiary/aromatic N) is 1. The molecular formula is C13H8NOS. The number of hydrogen-bond acceptors (Lipinski definition) is 3. The smallest absolute Gasteiger partial charge is 0.261 e. The third-order valence-corrected chi connectivity index (χ3v) is 3.02. The molecule has 0 N–H and O–H groups in total. The molecule has 2 aromatic carbocycles. The van der Waals surface area contributed by atoms with Crippen LogP contribution in [-0.2, 0) is 0 Å². The largest absolute Gasteiger partial charge is 0.431 e. The van der Waals surface area contributed by atoms with Crippen molar-refractivity contribution in [3.05, 3.63) is 54.6 Å². The van der Waals surface area contributed by atoms with Gasteiger partial charge in [0.15, 0.2) is 5.58 Å². The Labute approximate surface area is 97.3 Å². The zero-order chi connectivity index (χ0) is 10.8. The highest BCUT2D eigenvalue weighted by atomic mass is 32.2. The maximum Gasteiger partial charge on any atom is 0.261 e. The van der Waals surface area contributed by atoms with E-state index in [1.165, 1.54) is 11.8 Å². The van der Waals surface area contributed by atoms with Gasteiger partial charge in [-0.3, -0.25) is 0 Å². The van der Waals surface area contributed by atoms with Gasteiger partial charge in [0, 0.05) is 4.90 Å². The van der Waals surface area contributed by atoms with Crippen molar-refractivity contribution in [1.82, 2.24) is 4.98 Å². The van der Waals surface area contributed by atoms with E-state index in [1.807, 2.05) is 48.5 Å². The summed E-state index contributed by atoms with van der Waals surface area (Å²) < 4.78 is 5.61. The number of hydrogen-bond donors (Lipinski definition) is 0. The van der Waals surface area contributed by atoms with Crippen molar-refractivity contribution in [3.63, 3.8) is 0 Å². The van der Waals surface area contributed by atoms with Gasteiger partial charge in [-0.15, -0.1) is 0 Å². The second-order valence-corrected chi connectivity index (χ2v) is 4.31. The van der Waals surface area contributed by atoms with E-state index in [9.17, 15) is 0 Å². The summed E-state index contributed by atoms with van der Waals surface area (Å²) in [5.74, 6) is 0. The summed E-state index contributed by atoms with van der Waals surface area (Å²) in [5.41, 5.74) is 1.72. The molecule has 1 heterocycles. The SMILES string of the molecule is [c]1ccc(Sc2nc3ccccc3o2)cc1. The molecule has 0 aliphatic rings. The number of rotatable bonds is 2. The number of benzene rings is 2. The normalized spacial score (nSPS) is 10.8. The first kappa shape index (κ1) is 9.48. The predicted octanol–water partition coefficient (Wildman–Crippen LogP) is 3.78. The Balaban J connectivity index is 1.95. The van der Waals surface area contributed by atoms with E-state index in [4.69, 9.17) is 4.42 Å². The van der Waals surface area contributed by atoms with Crippen molar-refractivity contribution in [2.75, 3.05) is 0 Å². The quantitative estimate of drug-likeness (QED) is 0.665. The minimum absolute atomic E-state index is 0.674. The summed E-state index contributed by atoms with van der Waals surface area (Å²) in [6, 6.07) is 18.5. The Morgan fingerprint density at radius 3 is 2.69 bits per heavy atom. The fourth-order valence-electron chi connectivity index (χ4n) is 1.44. The van der Waals surface area contributed by atoms with Gasteiger partial charge in [0.25, 0.3) is 5.22 Å². The Morgan fingerprint density at radius 2 is 1.88 bits per heavy atom. The molecule has 3 heteroatoms. The first-order valence-electron chi connectivity index (χ1n) is 4.91. The van der Waals surface area contributed by atoms with Gasteiger partial charge in [-0.25, -0.2) is 4.98 Å². The van der Waals surface area contributed by atoms with Crippen LogP contribution in [0.15, 0.2) is 63.1 Å². The highest BCUT2D eigenvalue weighted by molar-refractivity contribution is 7.99. The molecule has 0 saturated carbocycles. The van der Waals surface area contributed by atoms with Crippen molar-refractivity contribution in [2.24, 2.45) is 0 Å². The molecule has 0 fully saturated rings. The number of oxazole rings is 1. The first-order valence-corrected chi connectivity index (χ1v) is 5.73. The van der Waals surface area contributed by atoms with Crippen LogP contribution in [0.25, 0.3) is 11.1 Å². The lowest BCUT2D eigenvalue weighted by Gasteiger charge is -1.93. The summed E-state index contributed by atoms with van der Waals surface area (Å²) >= 11 is 1.52. The molecule has 77 valence electrons. The lowest BCUT2D eigenvalue weighted by molar-refractivity contribution is 0.489. The van der Waals surface area contributed by atoms with Gasteiger partial charge in [-0.05, 0) is 42.1 Å². The molecule has 0 saturated heterocycles. The zero-order valence-corrected chi connectivity index (χ0v) is 9.20. The van der Waals surface area contributed by atoms with Gasteiger partial charge in [-0.1, -0.05) is 24.3 Å². The van der Waals surface area contributed by atoms with Crippen molar-refractivity contribution in [1.29, 1.82) is 0 Å². The third-order valence-electron chi connectivity index (χ3n) is 2.17. The molecule has 16 heavy (non-hydrogen) atoms. The molecule has 3 rings (SSSR count). The molecule has 0 atom stereocenters. The molecule has 0 aliphatic carbocycles. The average molecular weight is 226 g/mol. The topological polar surface area (TPSA) is 26.0 Å². The second-order valence-electron chi connectivity index (χ2n) is 3.29. The molecule has 0 bridgehead atoms. The molecule has 3 aromatic rings. The van der Waals surface area contributed by atoms with Crippen molar-refractivity contribution in [2.45, 2.75) is 10.1 Å². The summed E-state index contributed by atoms with van der Waals surface area (Å²) in [7, 11) is 0. The van der Waals surface area contributed by atoms with Gasteiger partial charge >= 0.3 is 0 Å². The van der Waals surface area contributed by atoms with Crippen LogP contribution in [-0.4, -0.2) is 4.98 Å². The van der Waals surface area contributed by atoms with Crippen LogP contribution in [0.5, 0.6) is 0 Å². The predicted molar refractivity (Wildman–Crippen MR) is 63.4 cm³/mol. The van der Waals surface area contributed by atoms with Gasteiger partial charge in [0.1, 0.15) is 5.52 Å². The van der Waals surface area contributed by atoms with Gasteiger partial charge in [0.2, 0.25) is 0 Å². The molecular weight excluding hydrogens is 218 g/mol. The van der Waals surface area contributed by atoms with Gasteiger partial charge in [0.05, 0.1) is 0 Å². The van der Waals surface area contributed by atoms with Crippen molar-refractivity contribution >= 4 is 22.9 Å². The number of para-hydroxylation sites is 2. The molecule has 2 nitrogen and oxygen atoms in total. The van der Waals surface area contributed by atoms with Crippen LogP contribution in [0.4, 0.5) is 0 Å². The van der Waals surface area contributed by atoms with E-state index in [0.29, 0.717) is 5.22 Å². The Kier molecular flexibility index (Phi) is 2.38. The van der Waals surface area contributed by atoms with Crippen LogP contribution in [0.3, 0.4) is 0 Å². The standard InChI is InChI=1S/C13H8NOS/c1-2-6-10(7-3-1)16-13-14-11-8-4-5-9-12(11)15-13/h2-9H. The van der Waals surface area contributed by atoms with Crippen LogP contribution in [0, 0.1) is 6.07 Å². The highest BCUT2D eigenvalue weighted by Gasteiger charge is 2.05. The van der Waals surface area contributed by atoms with Crippen molar-refractivity contribution in [3.8, 4) is 0 Å². The Hall–Kier alpha value is -1.74. The summed E-state index contributed by atoms with van der Waals surface area (Å²) in [6.45, 7) is 0. The van der Waals surface area contributed by atoms with E-state index in [0.717, 1.165) is 16.0 Å². The van der Waals surface area contributed by atoms with Gasteiger partial charge in [-0.2, -0.15) is 0 Å². The fourth-order valence-corrected chi connectivity index (χ4v) is 2.18. The maximum absolute atomic E-state index is 5.61. The van der Waals surface area contributed by atoms with Crippen LogP contribution >= 0.6 is 11.8 Å². The van der Waals surface area contributed by atoms with Crippen LogP contribution in [0.1, 0.15) is 0 Å². The van der Waals surface area contributed by atoms with Gasteiger partial charge < -0.3 is 4.42 Å². The fraction of sp³-hybridized carbons (Fsp3) is 0. The Bertz CT molecular complexity index is 570. The minimum Gasteiger partial charge on any atom is -0.431 e. The van der Waals surface area contributed by atoms with E-state index >= 15 is 0 Å². The molecule has 1 radical (unpaired) electrons. The maximum atomic E-state index is 5.61. The lowest BCUT2D eigenvalue weighted by Crippen LogP contribution is -1.71. The van der Waals surface area contributed by atoms with E-state index in [1.54, 1.807) is 0 Å². The molecule has 0 amide bonds. The molecule has 1 aromatic heterocycles. The van der Waals surface area contributed by atoms with Crippen molar-refractivity contribution < 1.29 is 4.42 Å². The minimum atomic E-state index is 0.674. The monoisotopic (exact) mass is 226 g/mol.